The summed E-state index contributed by atoms with van der Waals surface area (Å²) in [6.45, 7) is 0. The molecule has 5 nitrogen and oxygen atoms in total. The van der Waals surface area contributed by atoms with E-state index in [1.165, 1.54) is 0 Å². The second-order valence-corrected chi connectivity index (χ2v) is 1.73. The molecule has 1 aromatic carbocycles. The normalized spacial score (nSPS) is 8.00. The van der Waals surface area contributed by atoms with Crippen LogP contribution < -0.4 is 11.6 Å². The van der Waals surface area contributed by atoms with Crippen LogP contribution in [0, 0.1) is 10.1 Å². The highest BCUT2D eigenvalue weighted by Gasteiger charge is 1.93. The molecule has 0 saturated carbocycles. The summed E-state index contributed by atoms with van der Waals surface area (Å²) in [6, 6.07) is 8.51. The Bertz CT molecular complexity index is 225. The zero-order valence-electron chi connectivity index (χ0n) is 5.86. The molecule has 1 aromatic rings. The van der Waals surface area contributed by atoms with E-state index in [1.54, 1.807) is 30.3 Å². The van der Waals surface area contributed by atoms with Crippen molar-refractivity contribution in [3.05, 3.63) is 40.4 Å². The van der Waals surface area contributed by atoms with Crippen LogP contribution in [0.1, 0.15) is 0 Å². The molecule has 5 heteroatoms. The minimum Gasteiger partial charge on any atom is -0.344 e. The molecule has 1 rings (SSSR count). The number of para-hydroxylation sites is 1. The maximum absolute atomic E-state index is 9.86. The van der Waals surface area contributed by atoms with Crippen molar-refractivity contribution >= 4 is 5.69 Å². The van der Waals surface area contributed by atoms with E-state index >= 15 is 0 Å². The van der Waals surface area contributed by atoms with Crippen molar-refractivity contribution in [3.8, 4) is 0 Å². The number of benzene rings is 1. The molecule has 0 aliphatic carbocycles. The van der Waals surface area contributed by atoms with Crippen LogP contribution in [-0.2, 0) is 0 Å². The van der Waals surface area contributed by atoms with E-state index in [2.05, 4.69) is 0 Å². The van der Waals surface area contributed by atoms with Crippen molar-refractivity contribution < 1.29 is 5.03 Å². The van der Waals surface area contributed by atoms with Crippen LogP contribution in [0.4, 0.5) is 5.69 Å². The minimum atomic E-state index is -0.588. The van der Waals surface area contributed by atoms with Gasteiger partial charge < -0.3 is 6.15 Å². The lowest BCUT2D eigenvalue weighted by molar-refractivity contribution is -0.445. The SMILES string of the molecule is N.O=[N+]([O-])Nc1ccccc1. The van der Waals surface area contributed by atoms with Crippen LogP contribution in [0.25, 0.3) is 0 Å². The van der Waals surface area contributed by atoms with Crippen LogP contribution in [0.3, 0.4) is 0 Å². The van der Waals surface area contributed by atoms with E-state index in [0.29, 0.717) is 5.69 Å². The molecule has 4 N–H and O–H groups in total. The van der Waals surface area contributed by atoms with Gasteiger partial charge in [-0.3, -0.25) is 0 Å². The first-order valence-electron chi connectivity index (χ1n) is 2.75. The zero-order chi connectivity index (χ0) is 7.40. The van der Waals surface area contributed by atoms with E-state index < -0.39 is 5.03 Å². The molecule has 0 unspecified atom stereocenters. The van der Waals surface area contributed by atoms with Gasteiger partial charge >= 0.3 is 0 Å². The van der Waals surface area contributed by atoms with Gasteiger partial charge in [-0.25, -0.2) is 10.1 Å². The van der Waals surface area contributed by atoms with E-state index in [9.17, 15) is 10.1 Å². The Morgan fingerprint density at radius 2 is 1.82 bits per heavy atom. The quantitative estimate of drug-likeness (QED) is 0.499. The van der Waals surface area contributed by atoms with Gasteiger partial charge in [0.2, 0.25) is 0 Å². The van der Waals surface area contributed by atoms with Crippen molar-refractivity contribution in [2.24, 2.45) is 0 Å². The summed E-state index contributed by atoms with van der Waals surface area (Å²) in [5.41, 5.74) is 2.52. The third-order valence-electron chi connectivity index (χ3n) is 0.994. The minimum absolute atomic E-state index is 0. The van der Waals surface area contributed by atoms with Gasteiger partial charge in [0, 0.05) is 0 Å². The van der Waals surface area contributed by atoms with Crippen molar-refractivity contribution in [1.29, 1.82) is 0 Å². The first kappa shape index (κ1) is 9.38. The molecule has 0 aromatic heterocycles. The maximum atomic E-state index is 9.86. The Hall–Kier alpha value is -1.62. The Balaban J connectivity index is 0.000001000. The average Bonchev–Trinajstić information content (AvgIpc) is 1.88. The largest absolute Gasteiger partial charge is 0.344 e. The molecular formula is C6H9N3O2. The lowest BCUT2D eigenvalue weighted by atomic mass is 10.3. The van der Waals surface area contributed by atoms with E-state index in [0.717, 1.165) is 0 Å². The van der Waals surface area contributed by atoms with Crippen LogP contribution in [0.15, 0.2) is 30.3 Å². The van der Waals surface area contributed by atoms with E-state index in [4.69, 9.17) is 0 Å². The summed E-state index contributed by atoms with van der Waals surface area (Å²) < 4.78 is 0. The number of nitrogens with zero attached hydrogens (tertiary/aromatic N) is 1. The third kappa shape index (κ3) is 3.17. The van der Waals surface area contributed by atoms with Gasteiger partial charge in [-0.2, -0.15) is 0 Å². The molecule has 60 valence electrons. The second kappa shape index (κ2) is 4.24. The van der Waals surface area contributed by atoms with E-state index in [1.807, 2.05) is 5.43 Å². The predicted octanol–water partition coefficient (Wildman–Crippen LogP) is 1.45. The number of hydrazine groups is 1. The summed E-state index contributed by atoms with van der Waals surface area (Å²) in [5, 5.41) is 9.28. The lowest BCUT2D eigenvalue weighted by Gasteiger charge is -1.93. The van der Waals surface area contributed by atoms with E-state index in [-0.39, 0.29) is 6.15 Å². The van der Waals surface area contributed by atoms with Gasteiger partial charge in [0.15, 0.2) is 5.03 Å². The smallest absolute Gasteiger partial charge is 0.162 e. The molecule has 0 bridgehead atoms. The Morgan fingerprint density at radius 1 is 1.27 bits per heavy atom. The fourth-order valence-electron chi connectivity index (χ4n) is 0.618. The summed E-state index contributed by atoms with van der Waals surface area (Å²) >= 11 is 0. The molecule has 0 saturated heterocycles. The highest BCUT2D eigenvalue weighted by atomic mass is 16.7. The molecule has 0 aliphatic rings. The van der Waals surface area contributed by atoms with Crippen LogP contribution in [0.2, 0.25) is 0 Å². The van der Waals surface area contributed by atoms with Crippen LogP contribution in [0.5, 0.6) is 0 Å². The average molecular weight is 155 g/mol. The van der Waals surface area contributed by atoms with Gasteiger partial charge in [0.05, 0.1) is 0 Å². The van der Waals surface area contributed by atoms with Crippen molar-refractivity contribution in [2.75, 3.05) is 5.43 Å². The van der Waals surface area contributed by atoms with Crippen molar-refractivity contribution in [1.82, 2.24) is 6.15 Å². The summed E-state index contributed by atoms with van der Waals surface area (Å²) in [4.78, 5) is 9.86. The molecule has 11 heavy (non-hydrogen) atoms. The molecule has 0 radical (unpaired) electrons. The monoisotopic (exact) mass is 155 g/mol. The molecule has 0 spiro atoms. The van der Waals surface area contributed by atoms with Crippen molar-refractivity contribution in [2.45, 2.75) is 0 Å². The van der Waals surface area contributed by atoms with Gasteiger partial charge in [-0.15, -0.1) is 5.43 Å². The number of nitro groups is 1. The number of hydrogen-bond donors (Lipinski definition) is 2. The molecular weight excluding hydrogens is 146 g/mol. The predicted molar refractivity (Wildman–Crippen MR) is 42.1 cm³/mol. The number of anilines is 1. The maximum Gasteiger partial charge on any atom is 0.162 e. The number of rotatable bonds is 2. The number of nitrogens with one attached hydrogen (secondary N) is 1. The Morgan fingerprint density at radius 3 is 2.27 bits per heavy atom. The molecule has 0 atom stereocenters. The molecule has 0 amide bonds. The standard InChI is InChI=1S/C6H6N2O2.H3N/c9-8(10)7-6-4-2-1-3-5-6;/h1-5,7H;1H3. The van der Waals surface area contributed by atoms with Gasteiger partial charge in [0.25, 0.3) is 0 Å². The first-order valence-corrected chi connectivity index (χ1v) is 2.75. The van der Waals surface area contributed by atoms with Gasteiger partial charge in [-0.1, -0.05) is 18.2 Å². The zero-order valence-corrected chi connectivity index (χ0v) is 5.86. The second-order valence-electron chi connectivity index (χ2n) is 1.73. The molecule has 0 fully saturated rings. The topological polar surface area (TPSA) is 90.2 Å². The fraction of sp³-hybridized carbons (Fsp3) is 0. The lowest BCUT2D eigenvalue weighted by Crippen LogP contribution is -2.06. The summed E-state index contributed by atoms with van der Waals surface area (Å²) in [5.74, 6) is 0. The Labute approximate surface area is 63.7 Å². The fourth-order valence-corrected chi connectivity index (χ4v) is 0.618. The van der Waals surface area contributed by atoms with Crippen LogP contribution >= 0.6 is 0 Å². The van der Waals surface area contributed by atoms with Crippen LogP contribution in [-0.4, -0.2) is 5.03 Å². The third-order valence-corrected chi connectivity index (χ3v) is 0.994. The molecule has 0 aliphatic heterocycles. The summed E-state index contributed by atoms with van der Waals surface area (Å²) in [6.07, 6.45) is 0. The number of hydrogen-bond acceptors (Lipinski definition) is 3. The van der Waals surface area contributed by atoms with Crippen molar-refractivity contribution in [3.63, 3.8) is 0 Å². The van der Waals surface area contributed by atoms with Gasteiger partial charge in [0.1, 0.15) is 5.69 Å². The highest BCUT2D eigenvalue weighted by Crippen LogP contribution is 2.03. The highest BCUT2D eigenvalue weighted by molar-refractivity contribution is 5.39. The summed E-state index contributed by atoms with van der Waals surface area (Å²) in [7, 11) is 0. The first-order chi connectivity index (χ1) is 4.79. The Kier molecular flexibility index (Phi) is 3.61. The van der Waals surface area contributed by atoms with Gasteiger partial charge in [-0.05, 0) is 12.1 Å². The molecule has 0 heterocycles.